The number of carbonyl (C=O) groups excluding carboxylic acids is 1. The lowest BCUT2D eigenvalue weighted by atomic mass is 9.92. The van der Waals surface area contributed by atoms with E-state index < -0.39 is 6.10 Å². The van der Waals surface area contributed by atoms with E-state index in [2.05, 4.69) is 22.6 Å². The SMILES string of the molecule is CN1CCC(N[C@@H]2CO[C@H](CNC(=O)CC(C)(C)C)[C@H]2O)CC1. The van der Waals surface area contributed by atoms with Gasteiger partial charge in [-0.2, -0.15) is 0 Å². The topological polar surface area (TPSA) is 73.8 Å². The van der Waals surface area contributed by atoms with Crippen LogP contribution < -0.4 is 10.6 Å². The fourth-order valence-electron chi connectivity index (χ4n) is 3.25. The zero-order valence-corrected chi connectivity index (χ0v) is 15.0. The van der Waals surface area contributed by atoms with Crippen LogP contribution in [0.4, 0.5) is 0 Å². The van der Waals surface area contributed by atoms with E-state index in [0.29, 0.717) is 25.6 Å². The second-order valence-electron chi connectivity index (χ2n) is 8.25. The molecule has 0 radical (unpaired) electrons. The van der Waals surface area contributed by atoms with Crippen molar-refractivity contribution in [1.82, 2.24) is 15.5 Å². The van der Waals surface area contributed by atoms with Gasteiger partial charge in [-0.25, -0.2) is 0 Å². The molecule has 2 heterocycles. The summed E-state index contributed by atoms with van der Waals surface area (Å²) < 4.78 is 5.68. The fraction of sp³-hybridized carbons (Fsp3) is 0.941. The molecule has 0 aromatic rings. The molecule has 2 aliphatic rings. The Balaban J connectivity index is 1.71. The Labute approximate surface area is 139 Å². The molecule has 2 fully saturated rings. The largest absolute Gasteiger partial charge is 0.389 e. The predicted octanol–water partition coefficient (Wildman–Crippen LogP) is 0.351. The summed E-state index contributed by atoms with van der Waals surface area (Å²) in [6.07, 6.45) is 1.80. The van der Waals surface area contributed by atoms with Crippen molar-refractivity contribution in [2.75, 3.05) is 33.3 Å². The van der Waals surface area contributed by atoms with E-state index >= 15 is 0 Å². The third-order valence-electron chi connectivity index (χ3n) is 4.64. The van der Waals surface area contributed by atoms with Crippen LogP contribution in [-0.4, -0.2) is 73.5 Å². The van der Waals surface area contributed by atoms with Gasteiger partial charge in [-0.3, -0.25) is 4.79 Å². The molecule has 3 atom stereocenters. The minimum Gasteiger partial charge on any atom is -0.389 e. The Morgan fingerprint density at radius 3 is 2.57 bits per heavy atom. The number of hydrogen-bond acceptors (Lipinski definition) is 5. The van der Waals surface area contributed by atoms with E-state index in [4.69, 9.17) is 4.74 Å². The quantitative estimate of drug-likeness (QED) is 0.679. The summed E-state index contributed by atoms with van der Waals surface area (Å²) in [6, 6.07) is 0.414. The van der Waals surface area contributed by atoms with Crippen molar-refractivity contribution in [2.45, 2.75) is 64.3 Å². The Kier molecular flexibility index (Phi) is 6.42. The van der Waals surface area contributed by atoms with Crippen LogP contribution >= 0.6 is 0 Å². The Bertz CT molecular complexity index is 389. The highest BCUT2D eigenvalue weighted by Gasteiger charge is 2.37. The molecule has 0 aromatic heterocycles. The minimum absolute atomic E-state index is 0.0139. The first kappa shape index (κ1) is 18.6. The van der Waals surface area contributed by atoms with Gasteiger partial charge in [-0.1, -0.05) is 20.8 Å². The third kappa shape index (κ3) is 6.03. The monoisotopic (exact) mass is 327 g/mol. The minimum atomic E-state index is -0.565. The normalized spacial score (nSPS) is 30.6. The van der Waals surface area contributed by atoms with Gasteiger partial charge < -0.3 is 25.4 Å². The number of ether oxygens (including phenoxy) is 1. The standard InChI is InChI=1S/C17H33N3O3/c1-17(2,3)9-15(21)18-10-14-16(22)13(11-23-14)19-12-5-7-20(4)8-6-12/h12-14,16,19,22H,5-11H2,1-4H3,(H,18,21)/t13-,14-,16+/m1/s1. The van der Waals surface area contributed by atoms with Crippen molar-refractivity contribution >= 4 is 5.91 Å². The Hall–Kier alpha value is -0.690. The van der Waals surface area contributed by atoms with Gasteiger partial charge in [-0.05, 0) is 38.4 Å². The number of nitrogens with one attached hydrogen (secondary N) is 2. The highest BCUT2D eigenvalue weighted by atomic mass is 16.5. The lowest BCUT2D eigenvalue weighted by Crippen LogP contribution is -2.51. The van der Waals surface area contributed by atoms with Gasteiger partial charge in [0.25, 0.3) is 0 Å². The third-order valence-corrected chi connectivity index (χ3v) is 4.64. The van der Waals surface area contributed by atoms with Crippen LogP contribution in [0, 0.1) is 5.41 Å². The highest BCUT2D eigenvalue weighted by molar-refractivity contribution is 5.76. The molecule has 134 valence electrons. The first-order chi connectivity index (χ1) is 10.7. The zero-order valence-electron chi connectivity index (χ0n) is 15.0. The zero-order chi connectivity index (χ0) is 17.0. The summed E-state index contributed by atoms with van der Waals surface area (Å²) >= 11 is 0. The second-order valence-corrected chi connectivity index (χ2v) is 8.25. The number of rotatable bonds is 5. The maximum Gasteiger partial charge on any atom is 0.220 e. The Morgan fingerprint density at radius 1 is 1.30 bits per heavy atom. The summed E-state index contributed by atoms with van der Waals surface area (Å²) in [5.74, 6) is 0.0139. The highest BCUT2D eigenvalue weighted by Crippen LogP contribution is 2.19. The van der Waals surface area contributed by atoms with E-state index in [1.807, 2.05) is 20.8 Å². The molecule has 0 spiro atoms. The number of piperidine rings is 1. The predicted molar refractivity (Wildman–Crippen MR) is 90.3 cm³/mol. The van der Waals surface area contributed by atoms with E-state index in [1.165, 1.54) is 0 Å². The molecule has 0 saturated carbocycles. The number of nitrogens with zero attached hydrogens (tertiary/aromatic N) is 1. The van der Waals surface area contributed by atoms with Gasteiger partial charge in [0.05, 0.1) is 18.8 Å². The molecule has 3 N–H and O–H groups in total. The number of aliphatic hydroxyl groups is 1. The van der Waals surface area contributed by atoms with Crippen molar-refractivity contribution in [3.05, 3.63) is 0 Å². The van der Waals surface area contributed by atoms with Gasteiger partial charge in [0.15, 0.2) is 0 Å². The van der Waals surface area contributed by atoms with Crippen LogP contribution in [0.2, 0.25) is 0 Å². The van der Waals surface area contributed by atoms with Crippen LogP contribution in [0.1, 0.15) is 40.0 Å². The average molecular weight is 327 g/mol. The van der Waals surface area contributed by atoms with Crippen LogP contribution in [0.25, 0.3) is 0 Å². The Morgan fingerprint density at radius 2 is 1.96 bits per heavy atom. The lowest BCUT2D eigenvalue weighted by Gasteiger charge is -2.32. The first-order valence-electron chi connectivity index (χ1n) is 8.75. The molecular weight excluding hydrogens is 294 g/mol. The molecule has 2 rings (SSSR count). The molecule has 0 aromatic carbocycles. The van der Waals surface area contributed by atoms with Crippen LogP contribution in [0.15, 0.2) is 0 Å². The van der Waals surface area contributed by atoms with Crippen molar-refractivity contribution in [2.24, 2.45) is 5.41 Å². The maximum atomic E-state index is 11.9. The summed E-state index contributed by atoms with van der Waals surface area (Å²) in [7, 11) is 2.14. The molecule has 0 bridgehead atoms. The summed E-state index contributed by atoms with van der Waals surface area (Å²) in [6.45, 7) is 9.18. The van der Waals surface area contributed by atoms with E-state index in [1.54, 1.807) is 0 Å². The van der Waals surface area contributed by atoms with Crippen molar-refractivity contribution in [1.29, 1.82) is 0 Å². The number of likely N-dealkylation sites (tertiary alicyclic amines) is 1. The summed E-state index contributed by atoms with van der Waals surface area (Å²) in [5.41, 5.74) is -0.0303. The van der Waals surface area contributed by atoms with Crippen LogP contribution in [0.3, 0.4) is 0 Å². The van der Waals surface area contributed by atoms with Crippen LogP contribution in [0.5, 0.6) is 0 Å². The van der Waals surface area contributed by atoms with E-state index in [-0.39, 0.29) is 23.5 Å². The maximum absolute atomic E-state index is 11.9. The molecular formula is C17H33N3O3. The molecule has 2 aliphatic heterocycles. The molecule has 0 unspecified atom stereocenters. The lowest BCUT2D eigenvalue weighted by molar-refractivity contribution is -0.123. The molecule has 0 aliphatic carbocycles. The molecule has 2 saturated heterocycles. The van der Waals surface area contributed by atoms with E-state index in [0.717, 1.165) is 25.9 Å². The van der Waals surface area contributed by atoms with Gasteiger partial charge >= 0.3 is 0 Å². The number of carbonyl (C=O) groups is 1. The van der Waals surface area contributed by atoms with Gasteiger partial charge in [0.1, 0.15) is 6.10 Å². The first-order valence-corrected chi connectivity index (χ1v) is 8.75. The van der Waals surface area contributed by atoms with Gasteiger partial charge in [-0.15, -0.1) is 0 Å². The van der Waals surface area contributed by atoms with Crippen molar-refractivity contribution in [3.63, 3.8) is 0 Å². The van der Waals surface area contributed by atoms with Gasteiger partial charge in [0, 0.05) is 19.0 Å². The van der Waals surface area contributed by atoms with Gasteiger partial charge in [0.2, 0.25) is 5.91 Å². The summed E-state index contributed by atoms with van der Waals surface area (Å²) in [4.78, 5) is 14.2. The molecule has 1 amide bonds. The number of amides is 1. The molecule has 6 heteroatoms. The van der Waals surface area contributed by atoms with E-state index in [9.17, 15) is 9.90 Å². The fourth-order valence-corrected chi connectivity index (χ4v) is 3.25. The van der Waals surface area contributed by atoms with Crippen molar-refractivity contribution < 1.29 is 14.6 Å². The second kappa shape index (κ2) is 7.92. The van der Waals surface area contributed by atoms with Crippen LogP contribution in [-0.2, 0) is 9.53 Å². The van der Waals surface area contributed by atoms with Crippen molar-refractivity contribution in [3.8, 4) is 0 Å². The molecule has 23 heavy (non-hydrogen) atoms. The summed E-state index contributed by atoms with van der Waals surface area (Å²) in [5, 5.41) is 16.8. The average Bonchev–Trinajstić information content (AvgIpc) is 2.78. The number of aliphatic hydroxyl groups excluding tert-OH is 1. The smallest absolute Gasteiger partial charge is 0.220 e. The molecule has 6 nitrogen and oxygen atoms in total. The number of hydrogen-bond donors (Lipinski definition) is 3.